The van der Waals surface area contributed by atoms with E-state index in [1.165, 1.54) is 4.90 Å². The molecule has 3 heterocycles. The van der Waals surface area contributed by atoms with Crippen molar-refractivity contribution in [2.24, 2.45) is 11.8 Å². The molecule has 202 valence electrons. The van der Waals surface area contributed by atoms with Crippen LogP contribution in [0.3, 0.4) is 0 Å². The van der Waals surface area contributed by atoms with E-state index in [4.69, 9.17) is 4.74 Å². The van der Waals surface area contributed by atoms with Gasteiger partial charge in [0.15, 0.2) is 0 Å². The molecule has 0 aromatic heterocycles. The lowest BCUT2D eigenvalue weighted by molar-refractivity contribution is -0.157. The zero-order valence-electron chi connectivity index (χ0n) is 22.6. The lowest BCUT2D eigenvalue weighted by Crippen LogP contribution is -2.58. The fourth-order valence-electron chi connectivity index (χ4n) is 6.76. The van der Waals surface area contributed by atoms with E-state index in [0.717, 1.165) is 19.3 Å². The van der Waals surface area contributed by atoms with E-state index in [2.05, 4.69) is 20.1 Å². The van der Waals surface area contributed by atoms with Crippen LogP contribution < -0.4 is 0 Å². The monoisotopic (exact) mass is 503 g/mol. The topological polar surface area (TPSA) is 90.4 Å². The maximum Gasteiger partial charge on any atom is 0.248 e. The number of fused-ring (bicyclic) bond motifs is 1. The number of aliphatic hydroxyl groups is 1. The van der Waals surface area contributed by atoms with Crippen molar-refractivity contribution in [3.63, 3.8) is 0 Å². The van der Waals surface area contributed by atoms with Gasteiger partial charge in [0.2, 0.25) is 17.7 Å². The Morgan fingerprint density at radius 1 is 1.11 bits per heavy atom. The molecule has 2 bridgehead atoms. The molecule has 1 N–H and O–H groups in total. The molecule has 0 aromatic carbocycles. The Kier molecular flexibility index (Phi) is 9.04. The summed E-state index contributed by atoms with van der Waals surface area (Å²) in [4.78, 5) is 47.4. The molecule has 3 saturated heterocycles. The average molecular weight is 504 g/mol. The predicted molar refractivity (Wildman–Crippen MR) is 139 cm³/mol. The highest BCUT2D eigenvalue weighted by atomic mass is 16.5. The second kappa shape index (κ2) is 11.5. The fourth-order valence-corrected chi connectivity index (χ4v) is 6.76. The van der Waals surface area contributed by atoms with Gasteiger partial charge in [-0.3, -0.25) is 14.4 Å². The van der Waals surface area contributed by atoms with Crippen LogP contribution in [-0.4, -0.2) is 93.6 Å². The van der Waals surface area contributed by atoms with Crippen LogP contribution in [0.4, 0.5) is 0 Å². The summed E-state index contributed by atoms with van der Waals surface area (Å²) < 4.78 is 6.83. The van der Waals surface area contributed by atoms with Crippen LogP contribution in [0.25, 0.3) is 0 Å². The summed E-state index contributed by atoms with van der Waals surface area (Å²) in [5, 5.41) is 10.1. The third kappa shape index (κ3) is 4.40. The van der Waals surface area contributed by atoms with Gasteiger partial charge in [0.05, 0.1) is 30.1 Å². The zero-order valence-corrected chi connectivity index (χ0v) is 22.6. The number of carbonyl (C=O) groups is 3. The molecule has 0 aliphatic carbocycles. The molecule has 0 saturated carbocycles. The number of hydrogen-bond donors (Lipinski definition) is 1. The molecule has 8 heteroatoms. The minimum atomic E-state index is -1.08. The molecule has 0 radical (unpaired) electrons. The van der Waals surface area contributed by atoms with Crippen molar-refractivity contribution in [1.29, 1.82) is 0 Å². The Morgan fingerprint density at radius 3 is 2.28 bits per heavy atom. The number of unbranched alkanes of at least 4 members (excludes halogenated alkanes) is 1. The number of hydrogen-bond acceptors (Lipinski definition) is 5. The lowest BCUT2D eigenvalue weighted by Gasteiger charge is -2.38. The summed E-state index contributed by atoms with van der Waals surface area (Å²) in [6.45, 7) is 17.1. The largest absolute Gasteiger partial charge is 0.394 e. The first-order valence-corrected chi connectivity index (χ1v) is 13.7. The van der Waals surface area contributed by atoms with Crippen molar-refractivity contribution >= 4 is 17.7 Å². The summed E-state index contributed by atoms with van der Waals surface area (Å²) in [7, 11) is 0. The van der Waals surface area contributed by atoms with Gasteiger partial charge >= 0.3 is 0 Å². The van der Waals surface area contributed by atoms with Crippen molar-refractivity contribution in [2.45, 2.75) is 89.5 Å². The van der Waals surface area contributed by atoms with Crippen LogP contribution in [0.2, 0.25) is 0 Å². The maximum absolute atomic E-state index is 14.2. The van der Waals surface area contributed by atoms with Crippen molar-refractivity contribution in [3.05, 3.63) is 25.3 Å². The average Bonchev–Trinajstić information content (AvgIpc) is 3.48. The van der Waals surface area contributed by atoms with E-state index in [9.17, 15) is 19.5 Å². The van der Waals surface area contributed by atoms with E-state index in [-0.39, 0.29) is 24.3 Å². The van der Waals surface area contributed by atoms with Gasteiger partial charge < -0.3 is 24.5 Å². The zero-order chi connectivity index (χ0) is 26.7. The van der Waals surface area contributed by atoms with Gasteiger partial charge in [0, 0.05) is 26.2 Å². The quantitative estimate of drug-likeness (QED) is 0.368. The highest BCUT2D eigenvalue weighted by Crippen LogP contribution is 2.65. The Morgan fingerprint density at radius 2 is 1.75 bits per heavy atom. The standard InChI is InChI=1S/C28H45N3O5/c1-7-12-18-30(17-10-4)26(35)23-28-14-13-27(11-5,36-28)21(24(33)29(15-8-2)16-9-3)22(28)25(34)31(23)20(6)19-32/h8,10,20-23,32H,2,4,7,9,11-19H2,1,3,5-6H3/t20-,21-,22+,23?,27+,28?/m1/s1. The van der Waals surface area contributed by atoms with Crippen molar-refractivity contribution < 1.29 is 24.2 Å². The van der Waals surface area contributed by atoms with E-state index < -0.39 is 35.1 Å². The van der Waals surface area contributed by atoms with Gasteiger partial charge in [-0.2, -0.15) is 0 Å². The smallest absolute Gasteiger partial charge is 0.248 e. The fraction of sp³-hybridized carbons (Fsp3) is 0.750. The van der Waals surface area contributed by atoms with Gasteiger partial charge in [0.1, 0.15) is 11.6 Å². The van der Waals surface area contributed by atoms with Crippen LogP contribution in [0.5, 0.6) is 0 Å². The number of aliphatic hydroxyl groups excluding tert-OH is 1. The van der Waals surface area contributed by atoms with Gasteiger partial charge in [-0.1, -0.05) is 39.3 Å². The highest BCUT2D eigenvalue weighted by molar-refractivity contribution is 5.99. The molecule has 3 rings (SSSR count). The van der Waals surface area contributed by atoms with Gasteiger partial charge in [-0.15, -0.1) is 13.2 Å². The number of likely N-dealkylation sites (tertiary alicyclic amines) is 1. The van der Waals surface area contributed by atoms with Crippen LogP contribution >= 0.6 is 0 Å². The van der Waals surface area contributed by atoms with E-state index in [1.807, 2.05) is 13.8 Å². The van der Waals surface area contributed by atoms with Crippen LogP contribution in [0.15, 0.2) is 25.3 Å². The minimum absolute atomic E-state index is 0.0999. The summed E-state index contributed by atoms with van der Waals surface area (Å²) in [5.74, 6) is -1.95. The molecular formula is C28H45N3O5. The van der Waals surface area contributed by atoms with Crippen LogP contribution in [0, 0.1) is 11.8 Å². The molecule has 2 unspecified atom stereocenters. The van der Waals surface area contributed by atoms with Crippen molar-refractivity contribution in [3.8, 4) is 0 Å². The third-order valence-electron chi connectivity index (χ3n) is 8.46. The first-order chi connectivity index (χ1) is 17.2. The molecule has 1 spiro atoms. The SMILES string of the molecule is C=CCN(CCCC)C(=O)C1N([C@H](C)CO)C(=O)[C@@H]2[C@H](C(=O)N(CC=C)CCC)[C@]3(CC)CCC12O3. The minimum Gasteiger partial charge on any atom is -0.394 e. The molecule has 3 amide bonds. The van der Waals surface area contributed by atoms with Gasteiger partial charge in [-0.25, -0.2) is 0 Å². The number of nitrogens with zero attached hydrogens (tertiary/aromatic N) is 3. The summed E-state index contributed by atoms with van der Waals surface area (Å²) in [6, 6.07) is -1.45. The number of rotatable bonds is 14. The first-order valence-electron chi connectivity index (χ1n) is 13.7. The number of amides is 3. The Labute approximate surface area is 216 Å². The second-order valence-electron chi connectivity index (χ2n) is 10.6. The lowest BCUT2D eigenvalue weighted by atomic mass is 9.64. The Balaban J connectivity index is 2.12. The number of carbonyl (C=O) groups excluding carboxylic acids is 3. The van der Waals surface area contributed by atoms with Crippen molar-refractivity contribution in [1.82, 2.24) is 14.7 Å². The van der Waals surface area contributed by atoms with Crippen LogP contribution in [0.1, 0.15) is 66.2 Å². The van der Waals surface area contributed by atoms with E-state index in [1.54, 1.807) is 28.9 Å². The molecule has 36 heavy (non-hydrogen) atoms. The number of ether oxygens (including phenoxy) is 1. The Hall–Kier alpha value is -2.19. The molecule has 6 atom stereocenters. The van der Waals surface area contributed by atoms with E-state index in [0.29, 0.717) is 45.4 Å². The summed E-state index contributed by atoms with van der Waals surface area (Å²) in [5.41, 5.74) is -1.85. The normalized spacial score (nSPS) is 31.3. The Bertz CT molecular complexity index is 862. The second-order valence-corrected chi connectivity index (χ2v) is 10.6. The summed E-state index contributed by atoms with van der Waals surface area (Å²) >= 11 is 0. The van der Waals surface area contributed by atoms with Crippen molar-refractivity contribution in [2.75, 3.05) is 32.8 Å². The third-order valence-corrected chi connectivity index (χ3v) is 8.46. The van der Waals surface area contributed by atoms with E-state index >= 15 is 0 Å². The highest BCUT2D eigenvalue weighted by Gasteiger charge is 2.79. The summed E-state index contributed by atoms with van der Waals surface area (Å²) in [6.07, 6.45) is 7.71. The molecule has 3 aliphatic rings. The molecule has 3 aliphatic heterocycles. The molecule has 0 aromatic rings. The molecule has 8 nitrogen and oxygen atoms in total. The molecular weight excluding hydrogens is 458 g/mol. The predicted octanol–water partition coefficient (Wildman–Crippen LogP) is 2.76. The van der Waals surface area contributed by atoms with Crippen LogP contribution in [-0.2, 0) is 19.1 Å². The van der Waals surface area contributed by atoms with Gasteiger partial charge in [0.25, 0.3) is 0 Å². The first kappa shape index (κ1) is 28.4. The maximum atomic E-state index is 14.2. The molecule has 3 fully saturated rings. The van der Waals surface area contributed by atoms with Gasteiger partial charge in [-0.05, 0) is 39.0 Å².